The smallest absolute Gasteiger partial charge is 0.261 e. The molecular weight excluding hydrogens is 294 g/mol. The molecule has 1 N–H and O–H groups in total. The number of ether oxygens (including phenoxy) is 3. The Hall–Kier alpha value is -2.69. The second kappa shape index (κ2) is 5.83. The van der Waals surface area contributed by atoms with E-state index in [1.54, 1.807) is 0 Å². The van der Waals surface area contributed by atoms with Crippen molar-refractivity contribution in [1.82, 2.24) is 5.32 Å². The average Bonchev–Trinajstić information content (AvgIpc) is 3.04. The van der Waals surface area contributed by atoms with Gasteiger partial charge in [-0.3, -0.25) is 4.79 Å². The van der Waals surface area contributed by atoms with Crippen LogP contribution in [0.4, 0.5) is 0 Å². The molecule has 118 valence electrons. The molecule has 2 heterocycles. The Morgan fingerprint density at radius 1 is 1.04 bits per heavy atom. The molecule has 2 aliphatic heterocycles. The molecule has 5 nitrogen and oxygen atoms in total. The number of hydrogen-bond donors (Lipinski definition) is 1. The largest absolute Gasteiger partial charge is 0.486 e. The monoisotopic (exact) mass is 311 g/mol. The fraction of sp³-hybridized carbons (Fsp3) is 0.278. The lowest BCUT2D eigenvalue weighted by molar-refractivity contribution is -0.127. The van der Waals surface area contributed by atoms with Crippen LogP contribution in [0.2, 0.25) is 0 Å². The Kier molecular flexibility index (Phi) is 3.54. The highest BCUT2D eigenvalue weighted by atomic mass is 16.6. The number of carbonyl (C=O) groups is 1. The Morgan fingerprint density at radius 3 is 2.74 bits per heavy atom. The number of nitrogens with one attached hydrogen (secondary N) is 1. The van der Waals surface area contributed by atoms with Gasteiger partial charge in [0.2, 0.25) is 0 Å². The number of para-hydroxylation sites is 1. The third-order valence-electron chi connectivity index (χ3n) is 4.01. The van der Waals surface area contributed by atoms with Gasteiger partial charge in [-0.25, -0.2) is 0 Å². The van der Waals surface area contributed by atoms with Crippen LogP contribution in [0.15, 0.2) is 42.5 Å². The van der Waals surface area contributed by atoms with Crippen molar-refractivity contribution in [3.63, 3.8) is 0 Å². The molecule has 0 aromatic heterocycles. The molecular formula is C18H17NO4. The van der Waals surface area contributed by atoms with E-state index in [4.69, 9.17) is 14.2 Å². The lowest BCUT2D eigenvalue weighted by atomic mass is 10.1. The molecule has 4 rings (SSSR count). The summed E-state index contributed by atoms with van der Waals surface area (Å²) in [6, 6.07) is 13.5. The molecule has 0 aliphatic carbocycles. The molecule has 5 heteroatoms. The van der Waals surface area contributed by atoms with E-state index in [1.165, 1.54) is 0 Å². The van der Waals surface area contributed by atoms with Crippen molar-refractivity contribution in [2.45, 2.75) is 19.1 Å². The molecule has 1 amide bonds. The first-order chi connectivity index (χ1) is 11.3. The highest BCUT2D eigenvalue weighted by Gasteiger charge is 2.28. The molecule has 2 aliphatic rings. The number of hydrogen-bond acceptors (Lipinski definition) is 4. The van der Waals surface area contributed by atoms with Gasteiger partial charge < -0.3 is 19.5 Å². The van der Waals surface area contributed by atoms with Crippen molar-refractivity contribution in [3.8, 4) is 17.2 Å². The van der Waals surface area contributed by atoms with E-state index in [1.807, 2.05) is 42.5 Å². The Morgan fingerprint density at radius 2 is 1.87 bits per heavy atom. The van der Waals surface area contributed by atoms with E-state index in [0.717, 1.165) is 28.4 Å². The fourth-order valence-corrected chi connectivity index (χ4v) is 2.83. The van der Waals surface area contributed by atoms with Gasteiger partial charge in [-0.1, -0.05) is 24.3 Å². The van der Waals surface area contributed by atoms with Crippen LogP contribution in [0, 0.1) is 0 Å². The second-order valence-electron chi connectivity index (χ2n) is 5.61. The number of fused-ring (bicyclic) bond motifs is 2. The van der Waals surface area contributed by atoms with E-state index >= 15 is 0 Å². The number of rotatable bonds is 3. The van der Waals surface area contributed by atoms with Gasteiger partial charge in [-0.2, -0.15) is 0 Å². The number of carbonyl (C=O) groups excluding carboxylic acids is 1. The van der Waals surface area contributed by atoms with Crippen LogP contribution >= 0.6 is 0 Å². The van der Waals surface area contributed by atoms with E-state index in [2.05, 4.69) is 5.32 Å². The van der Waals surface area contributed by atoms with E-state index in [0.29, 0.717) is 26.2 Å². The zero-order chi connectivity index (χ0) is 15.6. The Balaban J connectivity index is 1.37. The van der Waals surface area contributed by atoms with Crippen LogP contribution in [0.1, 0.15) is 11.1 Å². The van der Waals surface area contributed by atoms with Crippen LogP contribution in [0.5, 0.6) is 17.2 Å². The summed E-state index contributed by atoms with van der Waals surface area (Å²) in [5.41, 5.74) is 2.05. The highest BCUT2D eigenvalue weighted by Crippen LogP contribution is 2.31. The molecule has 2 aromatic rings. The van der Waals surface area contributed by atoms with Gasteiger partial charge in [0, 0.05) is 13.0 Å². The fourth-order valence-electron chi connectivity index (χ4n) is 2.83. The van der Waals surface area contributed by atoms with Gasteiger partial charge in [0.1, 0.15) is 19.0 Å². The first-order valence-electron chi connectivity index (χ1n) is 7.70. The molecule has 2 aromatic carbocycles. The van der Waals surface area contributed by atoms with Crippen molar-refractivity contribution in [2.24, 2.45) is 0 Å². The molecule has 0 radical (unpaired) electrons. The minimum atomic E-state index is -0.454. The van der Waals surface area contributed by atoms with Crippen LogP contribution in [0.25, 0.3) is 0 Å². The van der Waals surface area contributed by atoms with Crippen molar-refractivity contribution in [1.29, 1.82) is 0 Å². The zero-order valence-corrected chi connectivity index (χ0v) is 12.6. The third-order valence-corrected chi connectivity index (χ3v) is 4.01. The third kappa shape index (κ3) is 2.82. The summed E-state index contributed by atoms with van der Waals surface area (Å²) in [4.78, 5) is 12.3. The lowest BCUT2D eigenvalue weighted by Crippen LogP contribution is -2.37. The first-order valence-corrected chi connectivity index (χ1v) is 7.70. The summed E-state index contributed by atoms with van der Waals surface area (Å²) in [6.45, 7) is 1.56. The molecule has 0 spiro atoms. The maximum Gasteiger partial charge on any atom is 0.261 e. The Bertz CT molecular complexity index is 719. The minimum Gasteiger partial charge on any atom is -0.486 e. The summed E-state index contributed by atoms with van der Waals surface area (Å²) in [7, 11) is 0. The first kappa shape index (κ1) is 13.9. The molecule has 0 bridgehead atoms. The van der Waals surface area contributed by atoms with Gasteiger partial charge in [0.25, 0.3) is 5.91 Å². The summed E-state index contributed by atoms with van der Waals surface area (Å²) in [5.74, 6) is 2.18. The van der Waals surface area contributed by atoms with Crippen molar-refractivity contribution in [3.05, 3.63) is 53.6 Å². The maximum atomic E-state index is 12.3. The summed E-state index contributed by atoms with van der Waals surface area (Å²) < 4.78 is 16.7. The highest BCUT2D eigenvalue weighted by molar-refractivity contribution is 5.82. The molecule has 0 saturated heterocycles. The molecule has 0 saturated carbocycles. The van der Waals surface area contributed by atoms with Gasteiger partial charge in [0.15, 0.2) is 17.6 Å². The van der Waals surface area contributed by atoms with Crippen molar-refractivity contribution < 1.29 is 19.0 Å². The van der Waals surface area contributed by atoms with Crippen molar-refractivity contribution >= 4 is 5.91 Å². The predicted molar refractivity (Wildman–Crippen MR) is 83.8 cm³/mol. The van der Waals surface area contributed by atoms with Gasteiger partial charge in [-0.05, 0) is 29.3 Å². The van der Waals surface area contributed by atoms with Crippen LogP contribution in [-0.4, -0.2) is 25.2 Å². The van der Waals surface area contributed by atoms with Crippen LogP contribution < -0.4 is 19.5 Å². The van der Waals surface area contributed by atoms with Gasteiger partial charge >= 0.3 is 0 Å². The molecule has 0 fully saturated rings. The van der Waals surface area contributed by atoms with E-state index in [-0.39, 0.29) is 5.91 Å². The van der Waals surface area contributed by atoms with Crippen molar-refractivity contribution in [2.75, 3.05) is 13.2 Å². The lowest BCUT2D eigenvalue weighted by Gasteiger charge is -2.19. The van der Waals surface area contributed by atoms with E-state index in [9.17, 15) is 4.79 Å². The van der Waals surface area contributed by atoms with Gasteiger partial charge in [-0.15, -0.1) is 0 Å². The molecule has 1 atom stereocenters. The average molecular weight is 311 g/mol. The number of benzene rings is 2. The minimum absolute atomic E-state index is 0.101. The summed E-state index contributed by atoms with van der Waals surface area (Å²) >= 11 is 0. The number of amides is 1. The predicted octanol–water partition coefficient (Wildman–Crippen LogP) is 2.08. The molecule has 1 unspecified atom stereocenters. The normalized spacial score (nSPS) is 18.0. The quantitative estimate of drug-likeness (QED) is 0.943. The van der Waals surface area contributed by atoms with Crippen LogP contribution in [-0.2, 0) is 17.8 Å². The SMILES string of the molecule is O=C(NCc1ccc2c(c1)OCCO2)C1Cc2ccccc2O1. The molecule has 23 heavy (non-hydrogen) atoms. The topological polar surface area (TPSA) is 56.8 Å². The van der Waals surface area contributed by atoms with E-state index < -0.39 is 6.10 Å². The summed E-state index contributed by atoms with van der Waals surface area (Å²) in [6.07, 6.45) is 0.160. The van der Waals surface area contributed by atoms with Gasteiger partial charge in [0.05, 0.1) is 0 Å². The maximum absolute atomic E-state index is 12.3. The Labute approximate surface area is 134 Å². The standard InChI is InChI=1S/C18H17NO4/c20-18(17-10-13-3-1-2-4-14(13)23-17)19-11-12-5-6-15-16(9-12)22-8-7-21-15/h1-6,9,17H,7-8,10-11H2,(H,19,20). The zero-order valence-electron chi connectivity index (χ0n) is 12.6. The van der Waals surface area contributed by atoms with Crippen LogP contribution in [0.3, 0.4) is 0 Å². The second-order valence-corrected chi connectivity index (χ2v) is 5.61. The summed E-state index contributed by atoms with van der Waals surface area (Å²) in [5, 5.41) is 2.92.